The van der Waals surface area contributed by atoms with Gasteiger partial charge in [-0.25, -0.2) is 12.8 Å². The van der Waals surface area contributed by atoms with Crippen molar-refractivity contribution in [1.29, 1.82) is 0 Å². The molecule has 0 N–H and O–H groups in total. The molecule has 0 amide bonds. The van der Waals surface area contributed by atoms with Gasteiger partial charge < -0.3 is 0 Å². The second-order valence-electron chi connectivity index (χ2n) is 4.58. The van der Waals surface area contributed by atoms with E-state index in [1.54, 1.807) is 0 Å². The maximum atomic E-state index is 13.6. The fourth-order valence-electron chi connectivity index (χ4n) is 2.09. The number of halogens is 2. The molecule has 0 spiro atoms. The van der Waals surface area contributed by atoms with Gasteiger partial charge in [0.2, 0.25) is 10.0 Å². The Kier molecular flexibility index (Phi) is 3.94. The lowest BCUT2D eigenvalue weighted by molar-refractivity contribution is 0.285. The van der Waals surface area contributed by atoms with Crippen LogP contribution in [0.3, 0.4) is 0 Å². The number of alkyl halides is 1. The number of rotatable bonds is 2. The molecule has 1 saturated heterocycles. The van der Waals surface area contributed by atoms with Gasteiger partial charge in [0, 0.05) is 18.5 Å². The van der Waals surface area contributed by atoms with Crippen LogP contribution in [0.4, 0.5) is 4.39 Å². The fourth-order valence-corrected chi connectivity index (χ4v) is 3.89. The fraction of sp³-hybridized carbons (Fsp3) is 0.500. The molecule has 18 heavy (non-hydrogen) atoms. The van der Waals surface area contributed by atoms with E-state index in [1.807, 2.05) is 6.92 Å². The van der Waals surface area contributed by atoms with Crippen molar-refractivity contribution in [3.63, 3.8) is 0 Å². The standard InChI is InChI=1S/C12H15ClFNO2S/c1-9-8-15(7-6-10(9)13)18(16,17)12-5-3-2-4-11(12)14/h2-5,9-10H,6-8H2,1H3. The smallest absolute Gasteiger partial charge is 0.207 e. The second kappa shape index (κ2) is 5.15. The molecular weight excluding hydrogens is 277 g/mol. The minimum absolute atomic E-state index is 0.0166. The number of nitrogens with zero attached hydrogens (tertiary/aromatic N) is 1. The van der Waals surface area contributed by atoms with Crippen molar-refractivity contribution in [3.8, 4) is 0 Å². The molecule has 2 unspecified atom stereocenters. The second-order valence-corrected chi connectivity index (χ2v) is 7.04. The monoisotopic (exact) mass is 291 g/mol. The molecule has 1 aromatic rings. The van der Waals surface area contributed by atoms with Crippen molar-refractivity contribution in [2.75, 3.05) is 13.1 Å². The minimum atomic E-state index is -3.75. The van der Waals surface area contributed by atoms with Crippen LogP contribution >= 0.6 is 11.6 Å². The van der Waals surface area contributed by atoms with Gasteiger partial charge in [0.25, 0.3) is 0 Å². The zero-order valence-electron chi connectivity index (χ0n) is 10.0. The molecule has 0 aliphatic carbocycles. The van der Waals surface area contributed by atoms with Crippen molar-refractivity contribution >= 4 is 21.6 Å². The van der Waals surface area contributed by atoms with E-state index in [4.69, 9.17) is 11.6 Å². The van der Waals surface area contributed by atoms with Crippen LogP contribution in [-0.4, -0.2) is 31.2 Å². The molecule has 0 radical (unpaired) electrons. The highest BCUT2D eigenvalue weighted by molar-refractivity contribution is 7.89. The molecule has 6 heteroatoms. The summed E-state index contributed by atoms with van der Waals surface area (Å²) in [6.07, 6.45) is 0.594. The summed E-state index contributed by atoms with van der Waals surface area (Å²) >= 11 is 6.06. The first kappa shape index (κ1) is 13.8. The summed E-state index contributed by atoms with van der Waals surface area (Å²) in [6, 6.07) is 5.45. The summed E-state index contributed by atoms with van der Waals surface area (Å²) in [5, 5.41) is -0.0166. The highest BCUT2D eigenvalue weighted by Gasteiger charge is 2.33. The van der Waals surface area contributed by atoms with Gasteiger partial charge in [-0.05, 0) is 24.5 Å². The highest BCUT2D eigenvalue weighted by Crippen LogP contribution is 2.27. The third-order valence-corrected chi connectivity index (χ3v) is 5.76. The maximum Gasteiger partial charge on any atom is 0.245 e. The average molecular weight is 292 g/mol. The van der Waals surface area contributed by atoms with E-state index in [9.17, 15) is 12.8 Å². The Balaban J connectivity index is 2.30. The average Bonchev–Trinajstić information content (AvgIpc) is 2.33. The molecule has 1 aliphatic heterocycles. The third-order valence-electron chi connectivity index (χ3n) is 3.22. The number of piperidine rings is 1. The molecule has 1 heterocycles. The van der Waals surface area contributed by atoms with Crippen molar-refractivity contribution in [1.82, 2.24) is 4.31 Å². The molecule has 2 rings (SSSR count). The lowest BCUT2D eigenvalue weighted by atomic mass is 10.0. The number of hydrogen-bond acceptors (Lipinski definition) is 2. The Hall–Kier alpha value is -0.650. The number of sulfonamides is 1. The van der Waals surface area contributed by atoms with Crippen molar-refractivity contribution in [2.45, 2.75) is 23.6 Å². The molecule has 1 aromatic carbocycles. The largest absolute Gasteiger partial charge is 0.245 e. The Morgan fingerprint density at radius 3 is 2.67 bits per heavy atom. The summed E-state index contributed by atoms with van der Waals surface area (Å²) in [5.74, 6) is -0.639. The summed E-state index contributed by atoms with van der Waals surface area (Å²) in [6.45, 7) is 2.58. The normalized spacial score (nSPS) is 26.2. The van der Waals surface area contributed by atoms with E-state index in [0.717, 1.165) is 6.07 Å². The molecule has 3 nitrogen and oxygen atoms in total. The van der Waals surface area contributed by atoms with Crippen LogP contribution in [0.15, 0.2) is 29.2 Å². The van der Waals surface area contributed by atoms with Crippen LogP contribution in [0.2, 0.25) is 0 Å². The van der Waals surface area contributed by atoms with Gasteiger partial charge in [0.1, 0.15) is 10.7 Å². The highest BCUT2D eigenvalue weighted by atomic mass is 35.5. The molecular formula is C12H15ClFNO2S. The Labute approximate surface area is 112 Å². The molecule has 2 atom stereocenters. The van der Waals surface area contributed by atoms with Gasteiger partial charge in [-0.1, -0.05) is 19.1 Å². The molecule has 0 bridgehead atoms. The minimum Gasteiger partial charge on any atom is -0.207 e. The van der Waals surface area contributed by atoms with Gasteiger partial charge in [0.05, 0.1) is 0 Å². The zero-order valence-corrected chi connectivity index (χ0v) is 11.6. The topological polar surface area (TPSA) is 37.4 Å². The Morgan fingerprint density at radius 2 is 2.06 bits per heavy atom. The van der Waals surface area contributed by atoms with E-state index < -0.39 is 15.8 Å². The van der Waals surface area contributed by atoms with Crippen LogP contribution in [0.1, 0.15) is 13.3 Å². The first-order valence-corrected chi connectivity index (χ1v) is 7.69. The quantitative estimate of drug-likeness (QED) is 0.785. The van der Waals surface area contributed by atoms with Crippen LogP contribution in [0.25, 0.3) is 0 Å². The predicted octanol–water partition coefficient (Wildman–Crippen LogP) is 2.46. The van der Waals surface area contributed by atoms with Gasteiger partial charge in [-0.2, -0.15) is 4.31 Å². The number of hydrogen-bond donors (Lipinski definition) is 0. The van der Waals surface area contributed by atoms with Crippen LogP contribution < -0.4 is 0 Å². The van der Waals surface area contributed by atoms with Crippen molar-refractivity contribution in [2.24, 2.45) is 5.92 Å². The van der Waals surface area contributed by atoms with Gasteiger partial charge in [-0.3, -0.25) is 0 Å². The Morgan fingerprint density at radius 1 is 1.39 bits per heavy atom. The van der Waals surface area contributed by atoms with Gasteiger partial charge in [0.15, 0.2) is 0 Å². The van der Waals surface area contributed by atoms with Crippen LogP contribution in [-0.2, 0) is 10.0 Å². The predicted molar refractivity (Wildman–Crippen MR) is 68.6 cm³/mol. The van der Waals surface area contributed by atoms with E-state index in [-0.39, 0.29) is 16.2 Å². The molecule has 0 saturated carbocycles. The van der Waals surface area contributed by atoms with E-state index in [1.165, 1.54) is 22.5 Å². The molecule has 0 aromatic heterocycles. The summed E-state index contributed by atoms with van der Waals surface area (Å²) in [5.41, 5.74) is 0. The van der Waals surface area contributed by atoms with E-state index >= 15 is 0 Å². The molecule has 100 valence electrons. The lowest BCUT2D eigenvalue weighted by Gasteiger charge is -2.33. The summed E-state index contributed by atoms with van der Waals surface area (Å²) in [7, 11) is -3.75. The van der Waals surface area contributed by atoms with E-state index in [0.29, 0.717) is 19.5 Å². The molecule has 1 aliphatic rings. The SMILES string of the molecule is CC1CN(S(=O)(=O)c2ccccc2F)CCC1Cl. The number of benzene rings is 1. The lowest BCUT2D eigenvalue weighted by Crippen LogP contribution is -2.43. The van der Waals surface area contributed by atoms with E-state index in [2.05, 4.69) is 0 Å². The summed E-state index contributed by atoms with van der Waals surface area (Å²) < 4.78 is 39.5. The molecule has 1 fully saturated rings. The zero-order chi connectivity index (χ0) is 13.3. The van der Waals surface area contributed by atoms with Gasteiger partial charge in [-0.15, -0.1) is 11.6 Å². The third kappa shape index (κ3) is 2.53. The van der Waals surface area contributed by atoms with Crippen LogP contribution in [0.5, 0.6) is 0 Å². The van der Waals surface area contributed by atoms with Crippen LogP contribution in [0, 0.1) is 11.7 Å². The maximum absolute atomic E-state index is 13.6. The Bertz CT molecular complexity index is 535. The summed E-state index contributed by atoms with van der Waals surface area (Å²) in [4.78, 5) is -0.259. The first-order valence-electron chi connectivity index (χ1n) is 5.81. The van der Waals surface area contributed by atoms with Crippen molar-refractivity contribution < 1.29 is 12.8 Å². The van der Waals surface area contributed by atoms with Gasteiger partial charge >= 0.3 is 0 Å². The first-order chi connectivity index (χ1) is 8.43. The van der Waals surface area contributed by atoms with Crippen molar-refractivity contribution in [3.05, 3.63) is 30.1 Å².